The van der Waals surface area contributed by atoms with Crippen LogP contribution in [0.15, 0.2) is 0 Å². The summed E-state index contributed by atoms with van der Waals surface area (Å²) >= 11 is 0. The number of hydrogen-bond acceptors (Lipinski definition) is 3. The fourth-order valence-electron chi connectivity index (χ4n) is 3.88. The zero-order chi connectivity index (χ0) is 14.6. The highest BCUT2D eigenvalue weighted by molar-refractivity contribution is 8.13. The zero-order valence-electron chi connectivity index (χ0n) is 12.4. The third kappa shape index (κ3) is 4.88. The SMILES string of the molecule is CCC1CCCC(OCC2(CS(=O)(=O)Cl)CCCC2)C1. The van der Waals surface area contributed by atoms with E-state index in [9.17, 15) is 8.42 Å². The molecule has 0 saturated heterocycles. The lowest BCUT2D eigenvalue weighted by Crippen LogP contribution is -2.34. The van der Waals surface area contributed by atoms with Crippen LogP contribution in [0.2, 0.25) is 0 Å². The molecular weight excluding hydrogens is 296 g/mol. The van der Waals surface area contributed by atoms with Crippen molar-refractivity contribution in [3.05, 3.63) is 0 Å². The molecule has 2 aliphatic carbocycles. The van der Waals surface area contributed by atoms with E-state index in [1.54, 1.807) is 0 Å². The van der Waals surface area contributed by atoms with E-state index in [1.807, 2.05) is 0 Å². The molecule has 5 heteroatoms. The smallest absolute Gasteiger partial charge is 0.233 e. The van der Waals surface area contributed by atoms with Crippen LogP contribution < -0.4 is 0 Å². The fourth-order valence-corrected chi connectivity index (χ4v) is 5.68. The van der Waals surface area contributed by atoms with Crippen molar-refractivity contribution in [3.63, 3.8) is 0 Å². The minimum absolute atomic E-state index is 0.0749. The lowest BCUT2D eigenvalue weighted by Gasteiger charge is -2.33. The highest BCUT2D eigenvalue weighted by Crippen LogP contribution is 2.41. The molecule has 2 fully saturated rings. The summed E-state index contributed by atoms with van der Waals surface area (Å²) in [6.45, 7) is 2.81. The summed E-state index contributed by atoms with van der Waals surface area (Å²) in [6.07, 6.45) is 10.4. The van der Waals surface area contributed by atoms with E-state index in [2.05, 4.69) is 6.92 Å². The molecule has 2 saturated carbocycles. The largest absolute Gasteiger partial charge is 0.378 e. The molecule has 2 unspecified atom stereocenters. The lowest BCUT2D eigenvalue weighted by atomic mass is 9.85. The van der Waals surface area contributed by atoms with Gasteiger partial charge >= 0.3 is 0 Å². The maximum Gasteiger partial charge on any atom is 0.233 e. The van der Waals surface area contributed by atoms with Crippen molar-refractivity contribution >= 4 is 19.7 Å². The Labute approximate surface area is 127 Å². The van der Waals surface area contributed by atoms with Crippen LogP contribution in [0, 0.1) is 11.3 Å². The van der Waals surface area contributed by atoms with Crippen LogP contribution in [0.25, 0.3) is 0 Å². The first kappa shape index (κ1) is 16.6. The van der Waals surface area contributed by atoms with E-state index in [-0.39, 0.29) is 11.2 Å². The highest BCUT2D eigenvalue weighted by Gasteiger charge is 2.39. The Kier molecular flexibility index (Phi) is 5.78. The molecule has 0 aromatic heterocycles. The molecule has 0 heterocycles. The van der Waals surface area contributed by atoms with Gasteiger partial charge in [-0.25, -0.2) is 8.42 Å². The summed E-state index contributed by atoms with van der Waals surface area (Å²) in [5.74, 6) is 0.857. The molecule has 0 N–H and O–H groups in total. The second-order valence-electron chi connectivity index (χ2n) is 6.76. The van der Waals surface area contributed by atoms with Crippen molar-refractivity contribution in [2.45, 2.75) is 70.8 Å². The van der Waals surface area contributed by atoms with Gasteiger partial charge in [-0.1, -0.05) is 39.0 Å². The van der Waals surface area contributed by atoms with Gasteiger partial charge in [-0.3, -0.25) is 0 Å². The molecule has 0 radical (unpaired) electrons. The Morgan fingerprint density at radius 3 is 2.50 bits per heavy atom. The van der Waals surface area contributed by atoms with Gasteiger partial charge in [0, 0.05) is 16.1 Å². The summed E-state index contributed by atoms with van der Waals surface area (Å²) in [5, 5.41) is 0. The zero-order valence-corrected chi connectivity index (χ0v) is 14.0. The van der Waals surface area contributed by atoms with E-state index in [0.29, 0.717) is 12.7 Å². The van der Waals surface area contributed by atoms with Crippen molar-refractivity contribution in [1.82, 2.24) is 0 Å². The first-order chi connectivity index (χ1) is 9.42. The fraction of sp³-hybridized carbons (Fsp3) is 1.00. The van der Waals surface area contributed by atoms with E-state index >= 15 is 0 Å². The van der Waals surface area contributed by atoms with E-state index in [1.165, 1.54) is 19.3 Å². The molecule has 2 atom stereocenters. The van der Waals surface area contributed by atoms with Crippen LogP contribution in [-0.4, -0.2) is 26.9 Å². The standard InChI is InChI=1S/C15H27ClO3S/c1-2-13-6-5-7-14(10-13)19-11-15(8-3-4-9-15)12-20(16,17)18/h13-14H,2-12H2,1H3. The van der Waals surface area contributed by atoms with Gasteiger partial charge in [-0.2, -0.15) is 0 Å². The van der Waals surface area contributed by atoms with Gasteiger partial charge < -0.3 is 4.74 Å². The summed E-state index contributed by atoms with van der Waals surface area (Å²) in [6, 6.07) is 0. The van der Waals surface area contributed by atoms with Gasteiger partial charge in [-0.05, 0) is 31.6 Å². The quantitative estimate of drug-likeness (QED) is 0.691. The van der Waals surface area contributed by atoms with Gasteiger partial charge in [-0.15, -0.1) is 0 Å². The predicted octanol–water partition coefficient (Wildman–Crippen LogP) is 4.10. The van der Waals surface area contributed by atoms with Gasteiger partial charge in [0.2, 0.25) is 9.05 Å². The van der Waals surface area contributed by atoms with E-state index in [0.717, 1.165) is 44.4 Å². The number of halogens is 1. The van der Waals surface area contributed by atoms with Gasteiger partial charge in [0.05, 0.1) is 18.5 Å². The van der Waals surface area contributed by atoms with E-state index in [4.69, 9.17) is 15.4 Å². The second-order valence-corrected chi connectivity index (χ2v) is 9.54. The third-order valence-corrected chi connectivity index (χ3v) is 6.36. The highest BCUT2D eigenvalue weighted by atomic mass is 35.7. The van der Waals surface area contributed by atoms with Gasteiger partial charge in [0.25, 0.3) is 0 Å². The minimum atomic E-state index is -3.44. The molecule has 2 aliphatic rings. The first-order valence-corrected chi connectivity index (χ1v) is 10.4. The normalized spacial score (nSPS) is 30.5. The average Bonchev–Trinajstić information content (AvgIpc) is 2.83. The maximum absolute atomic E-state index is 11.5. The summed E-state index contributed by atoms with van der Waals surface area (Å²) in [5.41, 5.74) is -0.222. The van der Waals surface area contributed by atoms with Crippen molar-refractivity contribution in [1.29, 1.82) is 0 Å². The molecule has 20 heavy (non-hydrogen) atoms. The Morgan fingerprint density at radius 1 is 1.20 bits per heavy atom. The monoisotopic (exact) mass is 322 g/mol. The number of ether oxygens (including phenoxy) is 1. The third-order valence-electron chi connectivity index (χ3n) is 5.08. The molecule has 0 spiro atoms. The van der Waals surface area contributed by atoms with Crippen LogP contribution in [0.4, 0.5) is 0 Å². The predicted molar refractivity (Wildman–Crippen MR) is 82.5 cm³/mol. The van der Waals surface area contributed by atoms with Crippen LogP contribution in [0.3, 0.4) is 0 Å². The second kappa shape index (κ2) is 6.97. The van der Waals surface area contributed by atoms with Crippen molar-refractivity contribution in [3.8, 4) is 0 Å². The van der Waals surface area contributed by atoms with Crippen LogP contribution in [0.1, 0.15) is 64.7 Å². The molecule has 0 amide bonds. The number of rotatable bonds is 6. The molecule has 0 aliphatic heterocycles. The Balaban J connectivity index is 1.89. The van der Waals surface area contributed by atoms with Crippen LogP contribution in [-0.2, 0) is 13.8 Å². The number of hydrogen-bond donors (Lipinski definition) is 0. The molecule has 0 aromatic rings. The van der Waals surface area contributed by atoms with Crippen molar-refractivity contribution < 1.29 is 13.2 Å². The topological polar surface area (TPSA) is 43.4 Å². The van der Waals surface area contributed by atoms with Crippen molar-refractivity contribution in [2.24, 2.45) is 11.3 Å². The summed E-state index contributed by atoms with van der Waals surface area (Å²) in [4.78, 5) is 0. The van der Waals surface area contributed by atoms with Crippen LogP contribution >= 0.6 is 10.7 Å². The molecule has 3 nitrogen and oxygen atoms in total. The molecular formula is C15H27ClO3S. The molecule has 0 aromatic carbocycles. The lowest BCUT2D eigenvalue weighted by molar-refractivity contribution is -0.0279. The maximum atomic E-state index is 11.5. The summed E-state index contributed by atoms with van der Waals surface area (Å²) in [7, 11) is 2.04. The summed E-state index contributed by atoms with van der Waals surface area (Å²) < 4.78 is 29.0. The van der Waals surface area contributed by atoms with E-state index < -0.39 is 9.05 Å². The Morgan fingerprint density at radius 2 is 1.90 bits per heavy atom. The molecule has 2 rings (SSSR count). The van der Waals surface area contributed by atoms with Gasteiger partial charge in [0.1, 0.15) is 0 Å². The Hall–Kier alpha value is 0.200. The first-order valence-electron chi connectivity index (χ1n) is 7.96. The molecule has 118 valence electrons. The van der Waals surface area contributed by atoms with Crippen molar-refractivity contribution in [2.75, 3.05) is 12.4 Å². The van der Waals surface area contributed by atoms with Crippen LogP contribution in [0.5, 0.6) is 0 Å². The minimum Gasteiger partial charge on any atom is -0.378 e. The van der Waals surface area contributed by atoms with Gasteiger partial charge in [0.15, 0.2) is 0 Å². The molecule has 0 bridgehead atoms. The average molecular weight is 323 g/mol. The Bertz CT molecular complexity index is 401.